The van der Waals surface area contributed by atoms with Crippen LogP contribution >= 0.6 is 22.6 Å². The Bertz CT molecular complexity index is 471. The lowest BCUT2D eigenvalue weighted by Gasteiger charge is -2.04. The number of halogens is 1. The van der Waals surface area contributed by atoms with Crippen molar-refractivity contribution in [3.8, 4) is 0 Å². The Balaban J connectivity index is 2.04. The van der Waals surface area contributed by atoms with Crippen molar-refractivity contribution >= 4 is 28.5 Å². The van der Waals surface area contributed by atoms with Crippen molar-refractivity contribution in [2.45, 2.75) is 6.54 Å². The van der Waals surface area contributed by atoms with E-state index in [0.717, 1.165) is 9.33 Å². The number of carbonyl (C=O) groups is 1. The molecule has 0 atom stereocenters. The fourth-order valence-corrected chi connectivity index (χ4v) is 2.05. The van der Waals surface area contributed by atoms with Crippen molar-refractivity contribution in [2.75, 3.05) is 0 Å². The van der Waals surface area contributed by atoms with E-state index in [1.165, 1.54) is 0 Å². The van der Waals surface area contributed by atoms with Gasteiger partial charge in [-0.1, -0.05) is 0 Å². The number of furan rings is 1. The van der Waals surface area contributed by atoms with Crippen LogP contribution in [0.3, 0.4) is 0 Å². The molecule has 0 saturated carbocycles. The summed E-state index contributed by atoms with van der Waals surface area (Å²) in [7, 11) is 1.74. The van der Waals surface area contributed by atoms with Gasteiger partial charge in [-0.2, -0.15) is 5.10 Å². The van der Waals surface area contributed by atoms with Gasteiger partial charge in [0.05, 0.1) is 22.6 Å². The molecular weight excluding hydrogens is 321 g/mol. The highest BCUT2D eigenvalue weighted by atomic mass is 127. The van der Waals surface area contributed by atoms with Crippen molar-refractivity contribution in [1.29, 1.82) is 0 Å². The van der Waals surface area contributed by atoms with Gasteiger partial charge in [0.15, 0.2) is 0 Å². The van der Waals surface area contributed by atoms with Gasteiger partial charge in [-0.25, -0.2) is 0 Å². The Labute approximate surface area is 106 Å². The average Bonchev–Trinajstić information content (AvgIpc) is 2.86. The maximum Gasteiger partial charge on any atom is 0.271 e. The van der Waals surface area contributed by atoms with E-state index >= 15 is 0 Å². The van der Waals surface area contributed by atoms with Crippen molar-refractivity contribution in [3.05, 3.63) is 39.6 Å². The van der Waals surface area contributed by atoms with Crippen molar-refractivity contribution in [1.82, 2.24) is 15.1 Å². The molecule has 2 rings (SSSR count). The first-order chi connectivity index (χ1) is 7.68. The summed E-state index contributed by atoms with van der Waals surface area (Å²) in [4.78, 5) is 11.8. The van der Waals surface area contributed by atoms with Gasteiger partial charge in [-0.15, -0.1) is 0 Å². The SMILES string of the molecule is Cn1ncc(I)c1C(=O)NCc1ccco1. The monoisotopic (exact) mass is 331 g/mol. The molecule has 0 aromatic carbocycles. The lowest BCUT2D eigenvalue weighted by atomic mass is 10.4. The van der Waals surface area contributed by atoms with Crippen LogP contribution in [0.15, 0.2) is 29.0 Å². The third-order valence-electron chi connectivity index (χ3n) is 2.11. The molecule has 0 fully saturated rings. The minimum absolute atomic E-state index is 0.152. The maximum absolute atomic E-state index is 11.8. The van der Waals surface area contributed by atoms with E-state index in [1.807, 2.05) is 6.07 Å². The number of hydrogen-bond acceptors (Lipinski definition) is 3. The Hall–Kier alpha value is -1.31. The molecule has 0 aliphatic carbocycles. The number of rotatable bonds is 3. The second-order valence-electron chi connectivity index (χ2n) is 3.23. The highest BCUT2D eigenvalue weighted by Gasteiger charge is 2.14. The molecule has 0 unspecified atom stereocenters. The smallest absolute Gasteiger partial charge is 0.271 e. The molecule has 0 saturated heterocycles. The first-order valence-electron chi connectivity index (χ1n) is 4.66. The largest absolute Gasteiger partial charge is 0.467 e. The third-order valence-corrected chi connectivity index (χ3v) is 2.90. The van der Waals surface area contributed by atoms with Crippen molar-refractivity contribution in [3.63, 3.8) is 0 Å². The molecule has 1 N–H and O–H groups in total. The van der Waals surface area contributed by atoms with Gasteiger partial charge in [0.2, 0.25) is 0 Å². The zero-order chi connectivity index (χ0) is 11.5. The van der Waals surface area contributed by atoms with Crippen LogP contribution in [0, 0.1) is 3.57 Å². The number of aromatic nitrogens is 2. The molecule has 5 nitrogen and oxygen atoms in total. The van der Waals surface area contributed by atoms with Crippen LogP contribution in [0.4, 0.5) is 0 Å². The van der Waals surface area contributed by atoms with E-state index in [0.29, 0.717) is 12.2 Å². The summed E-state index contributed by atoms with van der Waals surface area (Å²) in [6, 6.07) is 3.60. The van der Waals surface area contributed by atoms with Gasteiger partial charge < -0.3 is 9.73 Å². The van der Waals surface area contributed by atoms with Gasteiger partial charge in [-0.05, 0) is 34.7 Å². The van der Waals surface area contributed by atoms with E-state index < -0.39 is 0 Å². The second-order valence-corrected chi connectivity index (χ2v) is 4.39. The van der Waals surface area contributed by atoms with Gasteiger partial charge in [0.25, 0.3) is 5.91 Å². The summed E-state index contributed by atoms with van der Waals surface area (Å²) in [6.07, 6.45) is 3.23. The van der Waals surface area contributed by atoms with E-state index in [9.17, 15) is 4.79 Å². The quantitative estimate of drug-likeness (QED) is 0.868. The minimum Gasteiger partial charge on any atom is -0.467 e. The number of nitrogens with zero attached hydrogens (tertiary/aromatic N) is 2. The van der Waals surface area contributed by atoms with Gasteiger partial charge in [0.1, 0.15) is 11.5 Å². The average molecular weight is 331 g/mol. The van der Waals surface area contributed by atoms with Gasteiger partial charge in [-0.3, -0.25) is 9.48 Å². The van der Waals surface area contributed by atoms with Gasteiger partial charge >= 0.3 is 0 Å². The topological polar surface area (TPSA) is 60.1 Å². The number of hydrogen-bond donors (Lipinski definition) is 1. The van der Waals surface area contributed by atoms with Gasteiger partial charge in [0, 0.05) is 7.05 Å². The molecule has 16 heavy (non-hydrogen) atoms. The molecule has 0 spiro atoms. The predicted octanol–water partition coefficient (Wildman–Crippen LogP) is 1.55. The number of carbonyl (C=O) groups excluding carboxylic acids is 1. The molecule has 2 aromatic heterocycles. The standard InChI is InChI=1S/C10H10IN3O2/c1-14-9(8(11)6-13-14)10(15)12-5-7-3-2-4-16-7/h2-4,6H,5H2,1H3,(H,12,15). The number of aryl methyl sites for hydroxylation is 1. The van der Waals surface area contributed by atoms with Crippen LogP contribution in [-0.2, 0) is 13.6 Å². The van der Waals surface area contributed by atoms with Crippen LogP contribution in [0.2, 0.25) is 0 Å². The molecule has 0 aliphatic heterocycles. The lowest BCUT2D eigenvalue weighted by molar-refractivity contribution is 0.0937. The molecule has 0 bridgehead atoms. The molecule has 6 heteroatoms. The Morgan fingerprint density at radius 3 is 3.06 bits per heavy atom. The highest BCUT2D eigenvalue weighted by molar-refractivity contribution is 14.1. The fraction of sp³-hybridized carbons (Fsp3) is 0.200. The zero-order valence-electron chi connectivity index (χ0n) is 8.61. The molecule has 1 amide bonds. The van der Waals surface area contributed by atoms with E-state index in [-0.39, 0.29) is 5.91 Å². The summed E-state index contributed by atoms with van der Waals surface area (Å²) >= 11 is 2.08. The number of amides is 1. The summed E-state index contributed by atoms with van der Waals surface area (Å²) in [5.74, 6) is 0.575. The molecule has 84 valence electrons. The lowest BCUT2D eigenvalue weighted by Crippen LogP contribution is -2.25. The fourth-order valence-electron chi connectivity index (χ4n) is 1.33. The zero-order valence-corrected chi connectivity index (χ0v) is 10.8. The predicted molar refractivity (Wildman–Crippen MR) is 65.8 cm³/mol. The van der Waals surface area contributed by atoms with E-state index in [2.05, 4.69) is 33.0 Å². The summed E-state index contributed by atoms with van der Waals surface area (Å²) in [6.45, 7) is 0.382. The Morgan fingerprint density at radius 1 is 1.69 bits per heavy atom. The van der Waals surface area contributed by atoms with Crippen LogP contribution in [0.5, 0.6) is 0 Å². The maximum atomic E-state index is 11.8. The Morgan fingerprint density at radius 2 is 2.50 bits per heavy atom. The van der Waals surface area contributed by atoms with Crippen LogP contribution in [-0.4, -0.2) is 15.7 Å². The van der Waals surface area contributed by atoms with Crippen molar-refractivity contribution < 1.29 is 9.21 Å². The van der Waals surface area contributed by atoms with Crippen molar-refractivity contribution in [2.24, 2.45) is 7.05 Å². The molecule has 2 aromatic rings. The second kappa shape index (κ2) is 4.69. The van der Waals surface area contributed by atoms with Crippen LogP contribution in [0.25, 0.3) is 0 Å². The first kappa shape index (κ1) is 11.2. The number of nitrogens with one attached hydrogen (secondary N) is 1. The van der Waals surface area contributed by atoms with E-state index in [4.69, 9.17) is 4.42 Å². The molecule has 2 heterocycles. The minimum atomic E-state index is -0.152. The van der Waals surface area contributed by atoms with Crippen LogP contribution < -0.4 is 5.32 Å². The summed E-state index contributed by atoms with van der Waals surface area (Å²) in [5, 5.41) is 6.78. The molecule has 0 radical (unpaired) electrons. The Kier molecular flexibility index (Phi) is 3.28. The summed E-state index contributed by atoms with van der Waals surface area (Å²) < 4.78 is 7.51. The molecular formula is C10H10IN3O2. The third kappa shape index (κ3) is 2.26. The highest BCUT2D eigenvalue weighted by Crippen LogP contribution is 2.10. The molecule has 0 aliphatic rings. The summed E-state index contributed by atoms with van der Waals surface area (Å²) in [5.41, 5.74) is 0.562. The normalized spacial score (nSPS) is 10.4. The first-order valence-corrected chi connectivity index (χ1v) is 5.74. The van der Waals surface area contributed by atoms with Crippen LogP contribution in [0.1, 0.15) is 16.2 Å². The van der Waals surface area contributed by atoms with E-state index in [1.54, 1.807) is 30.3 Å².